The van der Waals surface area contributed by atoms with E-state index >= 15 is 0 Å². The number of ether oxygens (including phenoxy) is 1. The maximum atomic E-state index is 12.6. The number of nitro groups is 1. The van der Waals surface area contributed by atoms with E-state index in [1.807, 2.05) is 0 Å². The van der Waals surface area contributed by atoms with Gasteiger partial charge < -0.3 is 15.4 Å². The van der Waals surface area contributed by atoms with E-state index in [4.69, 9.17) is 10.5 Å². The van der Waals surface area contributed by atoms with Crippen LogP contribution in [0.3, 0.4) is 0 Å². The lowest BCUT2D eigenvalue weighted by molar-refractivity contribution is -0.385. The zero-order chi connectivity index (χ0) is 16.8. The lowest BCUT2D eigenvalue weighted by Crippen LogP contribution is -2.41. The van der Waals surface area contributed by atoms with Crippen LogP contribution in [0.4, 0.5) is 5.69 Å². The summed E-state index contributed by atoms with van der Waals surface area (Å²) in [6, 6.07) is 4.62. The number of benzene rings is 1. The first-order valence-electron chi connectivity index (χ1n) is 7.89. The molecule has 24 heavy (non-hydrogen) atoms. The van der Waals surface area contributed by atoms with E-state index in [-0.39, 0.29) is 30.1 Å². The average molecular weight is 358 g/mol. The minimum Gasteiger partial charge on any atom is -0.378 e. The second kappa shape index (κ2) is 9.56. The summed E-state index contributed by atoms with van der Waals surface area (Å²) in [5.41, 5.74) is 6.24. The largest absolute Gasteiger partial charge is 0.378 e. The molecule has 1 aromatic rings. The molecule has 1 aromatic carbocycles. The van der Waals surface area contributed by atoms with Gasteiger partial charge in [0.05, 0.1) is 11.0 Å². The zero-order valence-electron chi connectivity index (χ0n) is 13.8. The van der Waals surface area contributed by atoms with Crippen molar-refractivity contribution in [1.82, 2.24) is 4.90 Å². The molecule has 1 heterocycles. The number of nitrogens with two attached hydrogens (primary N) is 1. The molecule has 7 nitrogen and oxygen atoms in total. The Morgan fingerprint density at radius 3 is 2.67 bits per heavy atom. The first-order valence-corrected chi connectivity index (χ1v) is 7.89. The minimum atomic E-state index is -0.455. The number of rotatable bonds is 6. The van der Waals surface area contributed by atoms with Crippen LogP contribution in [0.5, 0.6) is 0 Å². The van der Waals surface area contributed by atoms with E-state index in [9.17, 15) is 14.9 Å². The van der Waals surface area contributed by atoms with Crippen molar-refractivity contribution in [3.63, 3.8) is 0 Å². The second-order valence-corrected chi connectivity index (χ2v) is 5.71. The summed E-state index contributed by atoms with van der Waals surface area (Å²) in [6.45, 7) is 4.10. The van der Waals surface area contributed by atoms with E-state index in [1.54, 1.807) is 24.0 Å². The van der Waals surface area contributed by atoms with Gasteiger partial charge in [0.15, 0.2) is 0 Å². The van der Waals surface area contributed by atoms with Gasteiger partial charge in [0, 0.05) is 36.9 Å². The van der Waals surface area contributed by atoms with Crippen molar-refractivity contribution in [3.8, 4) is 0 Å². The van der Waals surface area contributed by atoms with E-state index in [1.165, 1.54) is 6.07 Å². The molecule has 0 radical (unpaired) electrons. The maximum Gasteiger partial charge on any atom is 0.273 e. The molecule has 134 valence electrons. The third-order valence-electron chi connectivity index (χ3n) is 4.16. The average Bonchev–Trinajstić information content (AvgIpc) is 2.55. The Bertz CT molecular complexity index is 574. The van der Waals surface area contributed by atoms with Crippen molar-refractivity contribution in [2.24, 2.45) is 5.73 Å². The first kappa shape index (κ1) is 20.3. The summed E-state index contributed by atoms with van der Waals surface area (Å²) in [7, 11) is 0. The molecule has 1 aliphatic heterocycles. The number of amides is 1. The molecular formula is C16H24ClN3O4. The van der Waals surface area contributed by atoms with Crippen LogP contribution in [0.1, 0.15) is 35.2 Å². The van der Waals surface area contributed by atoms with Crippen LogP contribution in [-0.2, 0) is 4.74 Å². The number of carbonyl (C=O) groups excluding carboxylic acids is 1. The number of likely N-dealkylation sites (tertiary alicyclic amines) is 1. The van der Waals surface area contributed by atoms with E-state index in [2.05, 4.69) is 0 Å². The van der Waals surface area contributed by atoms with Crippen LogP contribution in [0.25, 0.3) is 0 Å². The van der Waals surface area contributed by atoms with Gasteiger partial charge in [-0.05, 0) is 38.8 Å². The number of piperidine rings is 1. The highest BCUT2D eigenvalue weighted by Gasteiger charge is 2.26. The van der Waals surface area contributed by atoms with Gasteiger partial charge in [-0.1, -0.05) is 6.07 Å². The Hall–Kier alpha value is -1.70. The fourth-order valence-corrected chi connectivity index (χ4v) is 2.78. The fourth-order valence-electron chi connectivity index (χ4n) is 2.78. The van der Waals surface area contributed by atoms with Gasteiger partial charge in [0.2, 0.25) is 0 Å². The molecule has 2 rings (SSSR count). The second-order valence-electron chi connectivity index (χ2n) is 5.71. The van der Waals surface area contributed by atoms with Crippen LogP contribution < -0.4 is 5.73 Å². The van der Waals surface area contributed by atoms with Crippen LogP contribution in [0, 0.1) is 17.0 Å². The topological polar surface area (TPSA) is 98.7 Å². The number of hydrogen-bond donors (Lipinski definition) is 1. The smallest absolute Gasteiger partial charge is 0.273 e. The molecule has 2 N–H and O–H groups in total. The molecule has 0 aromatic heterocycles. The third-order valence-corrected chi connectivity index (χ3v) is 4.16. The summed E-state index contributed by atoms with van der Waals surface area (Å²) in [4.78, 5) is 24.9. The van der Waals surface area contributed by atoms with Crippen LogP contribution in [-0.4, -0.2) is 48.1 Å². The summed E-state index contributed by atoms with van der Waals surface area (Å²) >= 11 is 0. The molecule has 0 atom stereocenters. The SMILES string of the molecule is Cc1c(C(=O)N2CCC(OCCCN)CC2)cccc1[N+](=O)[O-].Cl. The number of hydrogen-bond acceptors (Lipinski definition) is 5. The highest BCUT2D eigenvalue weighted by atomic mass is 35.5. The third kappa shape index (κ3) is 4.90. The van der Waals surface area contributed by atoms with Gasteiger partial charge in [-0.25, -0.2) is 0 Å². The molecule has 1 amide bonds. The Balaban J connectivity index is 0.00000288. The van der Waals surface area contributed by atoms with Crippen LogP contribution in [0.2, 0.25) is 0 Å². The fraction of sp³-hybridized carbons (Fsp3) is 0.562. The maximum absolute atomic E-state index is 12.6. The molecular weight excluding hydrogens is 334 g/mol. The Kier molecular flexibility index (Phi) is 8.10. The number of halogens is 1. The molecule has 1 aliphatic rings. The van der Waals surface area contributed by atoms with Crippen LogP contribution in [0.15, 0.2) is 18.2 Å². The van der Waals surface area contributed by atoms with E-state index in [0.717, 1.165) is 19.3 Å². The zero-order valence-corrected chi connectivity index (χ0v) is 14.6. The normalized spacial score (nSPS) is 15.0. The van der Waals surface area contributed by atoms with Gasteiger partial charge >= 0.3 is 0 Å². The Labute approximate surface area is 147 Å². The number of nitro benzene ring substituents is 1. The highest BCUT2D eigenvalue weighted by Crippen LogP contribution is 2.24. The quantitative estimate of drug-likeness (QED) is 0.478. The van der Waals surface area contributed by atoms with Gasteiger partial charge in [-0.15, -0.1) is 12.4 Å². The van der Waals surface area contributed by atoms with Gasteiger partial charge in [0.25, 0.3) is 11.6 Å². The van der Waals surface area contributed by atoms with Gasteiger partial charge in [0.1, 0.15) is 0 Å². The van der Waals surface area contributed by atoms with Crippen LogP contribution >= 0.6 is 12.4 Å². The number of nitrogens with zero attached hydrogens (tertiary/aromatic N) is 2. The Morgan fingerprint density at radius 2 is 2.08 bits per heavy atom. The summed E-state index contributed by atoms with van der Waals surface area (Å²) in [6.07, 6.45) is 2.57. The van der Waals surface area contributed by atoms with Crippen molar-refractivity contribution in [2.45, 2.75) is 32.3 Å². The Morgan fingerprint density at radius 1 is 1.42 bits per heavy atom. The molecule has 0 spiro atoms. The molecule has 0 unspecified atom stereocenters. The van der Waals surface area contributed by atoms with Crippen molar-refractivity contribution in [3.05, 3.63) is 39.4 Å². The van der Waals surface area contributed by atoms with E-state index in [0.29, 0.717) is 37.4 Å². The summed E-state index contributed by atoms with van der Waals surface area (Å²) in [5, 5.41) is 11.0. The van der Waals surface area contributed by atoms with Gasteiger partial charge in [-0.3, -0.25) is 14.9 Å². The first-order chi connectivity index (χ1) is 11.0. The van der Waals surface area contributed by atoms with Gasteiger partial charge in [-0.2, -0.15) is 0 Å². The van der Waals surface area contributed by atoms with Crippen molar-refractivity contribution in [2.75, 3.05) is 26.2 Å². The molecule has 8 heteroatoms. The lowest BCUT2D eigenvalue weighted by atomic mass is 10.0. The highest BCUT2D eigenvalue weighted by molar-refractivity contribution is 5.96. The van der Waals surface area contributed by atoms with Crippen molar-refractivity contribution >= 4 is 24.0 Å². The number of carbonyl (C=O) groups is 1. The standard InChI is InChI=1S/C16H23N3O4.ClH/c1-12-14(4-2-5-15(12)19(21)22)16(20)18-9-6-13(7-10-18)23-11-3-8-17;/h2,4-5,13H,3,6-11,17H2,1H3;1H. The minimum absolute atomic E-state index is 0. The summed E-state index contributed by atoms with van der Waals surface area (Å²) < 4.78 is 5.72. The van der Waals surface area contributed by atoms with E-state index < -0.39 is 4.92 Å². The molecule has 0 saturated carbocycles. The predicted molar refractivity (Wildman–Crippen MR) is 93.6 cm³/mol. The van der Waals surface area contributed by atoms with Crippen molar-refractivity contribution < 1.29 is 14.5 Å². The molecule has 1 saturated heterocycles. The predicted octanol–water partition coefficient (Wildman–Crippen LogP) is 2.30. The molecule has 0 aliphatic carbocycles. The van der Waals surface area contributed by atoms with Crippen molar-refractivity contribution in [1.29, 1.82) is 0 Å². The summed E-state index contributed by atoms with van der Waals surface area (Å²) in [5.74, 6) is -0.147. The lowest BCUT2D eigenvalue weighted by Gasteiger charge is -2.32. The monoisotopic (exact) mass is 357 g/mol. The molecule has 0 bridgehead atoms. The molecule has 1 fully saturated rings.